The lowest BCUT2D eigenvalue weighted by Gasteiger charge is -2.32. The fourth-order valence-corrected chi connectivity index (χ4v) is 6.43. The highest BCUT2D eigenvalue weighted by Gasteiger charge is 2.44. The first-order valence-corrected chi connectivity index (χ1v) is 14.0. The molecule has 1 aromatic rings. The van der Waals surface area contributed by atoms with Crippen LogP contribution in [-0.2, 0) is 24.4 Å². The van der Waals surface area contributed by atoms with Crippen LogP contribution >= 0.6 is 0 Å². The molecule has 204 valence electrons. The molecule has 9 nitrogen and oxygen atoms in total. The van der Waals surface area contributed by atoms with Gasteiger partial charge < -0.3 is 14.2 Å². The van der Waals surface area contributed by atoms with Gasteiger partial charge in [-0.05, 0) is 68.6 Å². The summed E-state index contributed by atoms with van der Waals surface area (Å²) in [5, 5.41) is 0. The molecule has 0 bridgehead atoms. The van der Waals surface area contributed by atoms with Crippen LogP contribution in [0.5, 0.6) is 0 Å². The molecule has 11 heteroatoms. The van der Waals surface area contributed by atoms with Crippen LogP contribution in [0.2, 0.25) is 0 Å². The fraction of sp³-hybridized carbons (Fsp3) is 0.720. The van der Waals surface area contributed by atoms with E-state index in [9.17, 15) is 17.6 Å². The molecule has 1 N–H and O–H groups in total. The Morgan fingerprint density at radius 2 is 1.92 bits per heavy atom. The molecule has 0 radical (unpaired) electrons. The molecular weight excluding hydrogens is 489 g/mol. The number of hydrogen-bond donors (Lipinski definition) is 1. The van der Waals surface area contributed by atoms with Crippen LogP contribution in [0.15, 0.2) is 24.3 Å². The summed E-state index contributed by atoms with van der Waals surface area (Å²) in [7, 11) is 0.558. The Balaban J connectivity index is 1.57. The van der Waals surface area contributed by atoms with Crippen molar-refractivity contribution in [2.75, 3.05) is 47.6 Å². The maximum Gasteiger partial charge on any atom is 0.410 e. The number of likely N-dealkylation sites (tertiary alicyclic amines) is 1. The highest BCUT2D eigenvalue weighted by Crippen LogP contribution is 2.36. The van der Waals surface area contributed by atoms with Crippen molar-refractivity contribution in [3.63, 3.8) is 0 Å². The number of benzene rings is 1. The predicted molar refractivity (Wildman–Crippen MR) is 134 cm³/mol. The summed E-state index contributed by atoms with van der Waals surface area (Å²) in [6, 6.07) is 5.65. The van der Waals surface area contributed by atoms with Gasteiger partial charge in [0.15, 0.2) is 0 Å². The van der Waals surface area contributed by atoms with Crippen LogP contribution in [0.25, 0.3) is 0 Å². The van der Waals surface area contributed by atoms with Crippen LogP contribution in [0.4, 0.5) is 9.18 Å². The molecule has 2 fully saturated rings. The van der Waals surface area contributed by atoms with Gasteiger partial charge in [0.05, 0.1) is 26.4 Å². The number of halogens is 1. The second kappa shape index (κ2) is 13.1. The predicted octanol–water partition coefficient (Wildman–Crippen LogP) is 3.13. The van der Waals surface area contributed by atoms with Gasteiger partial charge in [0, 0.05) is 39.4 Å². The van der Waals surface area contributed by atoms with E-state index in [1.54, 1.807) is 17.0 Å². The number of nitrogens with one attached hydrogen (secondary N) is 1. The van der Waals surface area contributed by atoms with Crippen LogP contribution < -0.4 is 4.72 Å². The first-order valence-electron chi connectivity index (χ1n) is 12.6. The third-order valence-corrected chi connectivity index (χ3v) is 9.01. The van der Waals surface area contributed by atoms with Gasteiger partial charge in [-0.25, -0.2) is 9.18 Å². The average Bonchev–Trinajstić information content (AvgIpc) is 3.16. The molecule has 0 aromatic heterocycles. The maximum atomic E-state index is 13.6. The van der Waals surface area contributed by atoms with Gasteiger partial charge in [0.1, 0.15) is 5.82 Å². The highest BCUT2D eigenvalue weighted by atomic mass is 32.2. The zero-order valence-electron chi connectivity index (χ0n) is 21.7. The van der Waals surface area contributed by atoms with Gasteiger partial charge in [-0.1, -0.05) is 12.1 Å². The van der Waals surface area contributed by atoms with Gasteiger partial charge >= 0.3 is 6.09 Å². The Morgan fingerprint density at radius 1 is 1.19 bits per heavy atom. The molecule has 0 spiro atoms. The summed E-state index contributed by atoms with van der Waals surface area (Å²) in [4.78, 5) is 14.1. The maximum absolute atomic E-state index is 13.6. The number of methoxy groups -OCH3 is 2. The van der Waals surface area contributed by atoms with E-state index in [2.05, 4.69) is 4.72 Å². The minimum Gasteiger partial charge on any atom is -0.453 e. The Hall–Kier alpha value is -1.79. The monoisotopic (exact) mass is 529 g/mol. The molecule has 1 saturated carbocycles. The van der Waals surface area contributed by atoms with Crippen LogP contribution in [0, 0.1) is 11.7 Å². The summed E-state index contributed by atoms with van der Waals surface area (Å²) < 4.78 is 59.3. The minimum atomic E-state index is -3.77. The van der Waals surface area contributed by atoms with E-state index in [-0.39, 0.29) is 31.6 Å². The van der Waals surface area contributed by atoms with E-state index in [4.69, 9.17) is 14.2 Å². The number of ether oxygens (including phenoxy) is 3. The van der Waals surface area contributed by atoms with Gasteiger partial charge in [-0.2, -0.15) is 17.4 Å². The third kappa shape index (κ3) is 7.38. The standard InChI is InChI=1S/C25H40FN3O6S/c1-18-14-23(27-36(31,32)28(2)12-13-33-3)24(29(18)25(30)34-4)17-35-16-19-8-10-20(11-9-19)21-6-5-7-22(26)15-21/h5-7,15,18-20,23-24,27H,8-14,16-17H2,1-4H3/t18?,19?,20?,23-,24-/m0/s1. The normalized spacial score (nSPS) is 26.9. The summed E-state index contributed by atoms with van der Waals surface area (Å²) in [5.41, 5.74) is 1.05. The van der Waals surface area contributed by atoms with Gasteiger partial charge in [-0.3, -0.25) is 4.90 Å². The quantitative estimate of drug-likeness (QED) is 0.473. The number of carbonyl (C=O) groups excluding carboxylic acids is 1. The van der Waals surface area contributed by atoms with Crippen molar-refractivity contribution < 1.29 is 31.8 Å². The molecule has 1 aromatic carbocycles. The molecule has 1 saturated heterocycles. The van der Waals surface area contributed by atoms with Gasteiger partial charge in [-0.15, -0.1) is 0 Å². The Morgan fingerprint density at radius 3 is 2.56 bits per heavy atom. The van der Waals surface area contributed by atoms with E-state index in [0.29, 0.717) is 24.9 Å². The SMILES string of the molecule is COCCN(C)S(=O)(=O)N[C@H]1CC(C)N(C(=O)OC)[C@H]1COCC1CCC(c2cccc(F)c2)CC1. The van der Waals surface area contributed by atoms with Crippen molar-refractivity contribution in [2.24, 2.45) is 5.92 Å². The number of carbonyl (C=O) groups is 1. The van der Waals surface area contributed by atoms with Crippen molar-refractivity contribution in [1.82, 2.24) is 13.9 Å². The Kier molecular flexibility index (Phi) is 10.5. The number of hydrogen-bond acceptors (Lipinski definition) is 6. The van der Waals surface area contributed by atoms with Crippen LogP contribution in [0.3, 0.4) is 0 Å². The first kappa shape index (κ1) is 28.8. The van der Waals surface area contributed by atoms with E-state index in [1.165, 1.54) is 31.6 Å². The topological polar surface area (TPSA) is 97.4 Å². The number of rotatable bonds is 11. The van der Waals surface area contributed by atoms with Crippen LogP contribution in [0.1, 0.15) is 50.5 Å². The number of nitrogens with zero attached hydrogens (tertiary/aromatic N) is 2. The lowest BCUT2D eigenvalue weighted by atomic mass is 9.79. The zero-order chi connectivity index (χ0) is 26.3. The summed E-state index contributed by atoms with van der Waals surface area (Å²) in [5.74, 6) is 0.529. The number of amides is 1. The van der Waals surface area contributed by atoms with Gasteiger partial charge in [0.2, 0.25) is 0 Å². The molecule has 3 atom stereocenters. The molecule has 1 aliphatic heterocycles. The fourth-order valence-electron chi connectivity index (χ4n) is 5.30. The molecule has 1 amide bonds. The number of likely N-dealkylation sites (N-methyl/N-ethyl adjacent to an activating group) is 1. The van der Waals surface area contributed by atoms with Gasteiger partial charge in [0.25, 0.3) is 10.2 Å². The molecule has 36 heavy (non-hydrogen) atoms. The average molecular weight is 530 g/mol. The van der Waals surface area contributed by atoms with E-state index >= 15 is 0 Å². The zero-order valence-corrected chi connectivity index (χ0v) is 22.5. The highest BCUT2D eigenvalue weighted by molar-refractivity contribution is 7.87. The third-order valence-electron chi connectivity index (χ3n) is 7.41. The largest absolute Gasteiger partial charge is 0.453 e. The smallest absolute Gasteiger partial charge is 0.410 e. The van der Waals surface area contributed by atoms with Crippen molar-refractivity contribution in [3.8, 4) is 0 Å². The molecule has 1 unspecified atom stereocenters. The summed E-state index contributed by atoms with van der Waals surface area (Å²) >= 11 is 0. The van der Waals surface area contributed by atoms with Crippen LogP contribution in [-0.4, -0.2) is 89.5 Å². The lowest BCUT2D eigenvalue weighted by molar-refractivity contribution is 0.0319. The molecule has 3 rings (SSSR count). The van der Waals surface area contributed by atoms with E-state index in [0.717, 1.165) is 31.2 Å². The Bertz CT molecular complexity index is 957. The van der Waals surface area contributed by atoms with Crippen molar-refractivity contribution in [3.05, 3.63) is 35.6 Å². The molecular formula is C25H40FN3O6S. The second-order valence-electron chi connectivity index (χ2n) is 9.88. The first-order chi connectivity index (χ1) is 17.2. The van der Waals surface area contributed by atoms with E-state index in [1.807, 2.05) is 13.0 Å². The summed E-state index contributed by atoms with van der Waals surface area (Å²) in [6.45, 7) is 3.11. The lowest BCUT2D eigenvalue weighted by Crippen LogP contribution is -2.52. The van der Waals surface area contributed by atoms with Crippen molar-refractivity contribution in [2.45, 2.75) is 63.1 Å². The second-order valence-corrected chi connectivity index (χ2v) is 11.7. The Labute approximate surface area is 214 Å². The molecule has 1 heterocycles. The molecule has 2 aliphatic rings. The minimum absolute atomic E-state index is 0.200. The molecule has 1 aliphatic carbocycles. The van der Waals surface area contributed by atoms with E-state index < -0.39 is 28.4 Å². The van der Waals surface area contributed by atoms with Crippen molar-refractivity contribution in [1.29, 1.82) is 0 Å². The van der Waals surface area contributed by atoms with Crippen molar-refractivity contribution >= 4 is 16.3 Å². The summed E-state index contributed by atoms with van der Waals surface area (Å²) in [6.07, 6.45) is 3.86.